The summed E-state index contributed by atoms with van der Waals surface area (Å²) in [6, 6.07) is -0.910. The Bertz CT molecular complexity index is 2920. The van der Waals surface area contributed by atoms with Gasteiger partial charge in [-0.2, -0.15) is 4.79 Å². The van der Waals surface area contributed by atoms with E-state index in [2.05, 4.69) is 44.0 Å². The molecule has 9 rings (SSSR count). The molecule has 0 aromatic rings. The number of imide groups is 3. The van der Waals surface area contributed by atoms with Gasteiger partial charge in [-0.1, -0.05) is 37.8 Å². The van der Waals surface area contributed by atoms with Gasteiger partial charge in [0, 0.05) is 129 Å². The summed E-state index contributed by atoms with van der Waals surface area (Å²) >= 11 is 0. The highest BCUT2D eigenvalue weighted by Crippen LogP contribution is 2.53. The smallest absolute Gasteiger partial charge is 0.480 e. The van der Waals surface area contributed by atoms with Crippen molar-refractivity contribution in [2.24, 2.45) is 47.3 Å². The van der Waals surface area contributed by atoms with Crippen LogP contribution in [0.2, 0.25) is 0 Å². The molecular weight excluding hydrogens is 1250 g/mol. The van der Waals surface area contributed by atoms with E-state index in [9.17, 15) is 77.0 Å². The van der Waals surface area contributed by atoms with Gasteiger partial charge in [-0.3, -0.25) is 72.2 Å². The Morgan fingerprint density at radius 2 is 0.800 bits per heavy atom. The lowest BCUT2D eigenvalue weighted by molar-refractivity contribution is -0.199. The van der Waals surface area contributed by atoms with E-state index in [1.807, 2.05) is 0 Å². The molecule has 10 amide bonds. The van der Waals surface area contributed by atoms with E-state index < -0.39 is 83.8 Å². The number of hydrogen-bond donors (Lipinski definition) is 3. The number of alkyl carbamates (subject to hydrolysis) is 2. The summed E-state index contributed by atoms with van der Waals surface area (Å²) in [5, 5.41) is 15.5. The number of ether oxygens (including phenoxy) is 4. The Morgan fingerprint density at radius 3 is 1.14 bits per heavy atom. The lowest BCUT2D eigenvalue weighted by Crippen LogP contribution is -2.58. The van der Waals surface area contributed by atoms with Gasteiger partial charge in [0.2, 0.25) is 11.8 Å². The van der Waals surface area contributed by atoms with Crippen LogP contribution in [0.4, 0.5) is 14.4 Å². The number of fused-ring (bicyclic) bond motifs is 2. The predicted molar refractivity (Wildman–Crippen MR) is 321 cm³/mol. The number of hydrogen-bond acceptors (Lipinski definition) is 24. The number of aliphatic carboxylic acids is 1. The first-order valence-corrected chi connectivity index (χ1v) is 32.4. The molecule has 32 heteroatoms. The van der Waals surface area contributed by atoms with Gasteiger partial charge in [-0.15, -0.1) is 28.7 Å². The topological polar surface area (TPSA) is 388 Å². The first-order valence-electron chi connectivity index (χ1n) is 32.4. The van der Waals surface area contributed by atoms with Crippen molar-refractivity contribution < 1.29 is 110 Å². The van der Waals surface area contributed by atoms with Crippen molar-refractivity contribution in [3.05, 3.63) is 0 Å². The molecule has 2 saturated carbocycles. The molecule has 0 radical (unpaired) electrons. The maximum Gasteiger partial charge on any atom is 0.560 e. The molecule has 3 N–H and O–H groups in total. The van der Waals surface area contributed by atoms with E-state index in [0.29, 0.717) is 73.4 Å². The first-order chi connectivity index (χ1) is 45.4. The zero-order valence-corrected chi connectivity index (χ0v) is 54.0. The van der Waals surface area contributed by atoms with Crippen molar-refractivity contribution in [1.29, 1.82) is 0 Å². The second-order valence-corrected chi connectivity index (χ2v) is 24.9. The number of esters is 2. The molecular formula is C63H85N9O23. The van der Waals surface area contributed by atoms with E-state index in [0.717, 1.165) is 51.4 Å². The molecule has 520 valence electrons. The number of carboxylic acid groups (broad SMARTS) is 1. The molecule has 0 bridgehead atoms. The Balaban J connectivity index is 0.000000216. The maximum atomic E-state index is 12.9. The van der Waals surface area contributed by atoms with Crippen LogP contribution in [0.25, 0.3) is 0 Å². The number of hydroxylamine groups is 6. The van der Waals surface area contributed by atoms with Crippen molar-refractivity contribution >= 4 is 89.5 Å². The van der Waals surface area contributed by atoms with Crippen LogP contribution in [0.15, 0.2) is 0 Å². The summed E-state index contributed by atoms with van der Waals surface area (Å²) in [6.07, 6.45) is 5.20. The monoisotopic (exact) mass is 1340 g/mol. The second kappa shape index (κ2) is 35.6. The van der Waals surface area contributed by atoms with Crippen molar-refractivity contribution in [1.82, 2.24) is 45.4 Å². The number of carbonyl (C=O) groups excluding carboxylic acids is 14. The SMILES string of the molecule is CC(C)C(=O)OCC1CN(C(=O)CCNC(=O)OCC2[C@H]3CCC#CCC[C@@H]23)CCN1CC(=O)O.CC(C)C(=O)OCC1CN(C(=O)CCNC(=O)OCC2[C@H]3CCC#CCC[C@@H]23)CCN1CC(=O)ON1C(=O)CCC1=O.O=C(ON1C(=O)CCC1=O)ON1C(=O)CCC1=O. The summed E-state index contributed by atoms with van der Waals surface area (Å²) in [5.74, 6) is 8.38. The molecule has 5 aliphatic heterocycles. The largest absolute Gasteiger partial charge is 0.560 e. The summed E-state index contributed by atoms with van der Waals surface area (Å²) in [6.45, 7) is 9.15. The minimum atomic E-state index is -1.48. The van der Waals surface area contributed by atoms with Gasteiger partial charge >= 0.3 is 42.2 Å². The minimum absolute atomic E-state index is 0.00938. The normalized spacial score (nSPS) is 24.5. The number of nitrogens with one attached hydrogen (secondary N) is 2. The molecule has 0 spiro atoms. The number of rotatable bonds is 23. The fourth-order valence-electron chi connectivity index (χ4n) is 12.1. The third kappa shape index (κ3) is 22.4. The molecule has 5 heterocycles. The van der Waals surface area contributed by atoms with Gasteiger partial charge in [0.15, 0.2) is 0 Å². The minimum Gasteiger partial charge on any atom is -0.480 e. The summed E-state index contributed by atoms with van der Waals surface area (Å²) in [4.78, 5) is 197. The Kier molecular flexibility index (Phi) is 27.5. The number of nitrogens with zero attached hydrogens (tertiary/aromatic N) is 7. The molecule has 5 saturated heterocycles. The number of piperazine rings is 2. The van der Waals surface area contributed by atoms with Gasteiger partial charge in [0.05, 0.1) is 50.2 Å². The number of carbonyl (C=O) groups is 15. The summed E-state index contributed by atoms with van der Waals surface area (Å²) in [7, 11) is 0. The molecule has 0 aromatic carbocycles. The van der Waals surface area contributed by atoms with Crippen LogP contribution in [0.3, 0.4) is 0 Å². The van der Waals surface area contributed by atoms with Gasteiger partial charge in [-0.25, -0.2) is 14.4 Å². The first kappa shape index (κ1) is 73.5. The molecule has 32 nitrogen and oxygen atoms in total. The summed E-state index contributed by atoms with van der Waals surface area (Å²) < 4.78 is 21.5. The van der Waals surface area contributed by atoms with Gasteiger partial charge < -0.3 is 49.3 Å². The van der Waals surface area contributed by atoms with Gasteiger partial charge in [0.25, 0.3) is 35.4 Å². The van der Waals surface area contributed by atoms with E-state index in [1.54, 1.807) is 47.3 Å². The number of carboxylic acids is 1. The lowest BCUT2D eigenvalue weighted by atomic mass is 10.1. The van der Waals surface area contributed by atoms with E-state index in [-0.39, 0.29) is 150 Å². The highest BCUT2D eigenvalue weighted by molar-refractivity contribution is 6.03. The van der Waals surface area contributed by atoms with Crippen LogP contribution in [0.5, 0.6) is 0 Å². The lowest BCUT2D eigenvalue weighted by Gasteiger charge is -2.40. The maximum absolute atomic E-state index is 12.9. The second-order valence-electron chi connectivity index (χ2n) is 24.9. The Labute approximate surface area is 549 Å². The van der Waals surface area contributed by atoms with Crippen molar-refractivity contribution in [2.45, 2.75) is 143 Å². The molecule has 0 aromatic heterocycles. The van der Waals surface area contributed by atoms with E-state index >= 15 is 0 Å². The third-order valence-corrected chi connectivity index (χ3v) is 17.6. The Hall–Kier alpha value is -8.91. The quantitative estimate of drug-likeness (QED) is 0.0564. The molecule has 4 aliphatic carbocycles. The van der Waals surface area contributed by atoms with Gasteiger partial charge in [-0.05, 0) is 61.2 Å². The average Bonchev–Trinajstić information content (AvgIpc) is 1.66. The van der Waals surface area contributed by atoms with Crippen LogP contribution in [-0.4, -0.2) is 233 Å². The molecule has 7 fully saturated rings. The fraction of sp³-hybridized carbons (Fsp3) is 0.698. The molecule has 8 atom stereocenters. The zero-order chi connectivity index (χ0) is 68.9. The Morgan fingerprint density at radius 1 is 0.463 bits per heavy atom. The highest BCUT2D eigenvalue weighted by atomic mass is 16.9. The van der Waals surface area contributed by atoms with Crippen LogP contribution < -0.4 is 10.6 Å². The molecule has 9 aliphatic rings. The molecule has 95 heavy (non-hydrogen) atoms. The van der Waals surface area contributed by atoms with Gasteiger partial charge in [0.1, 0.15) is 13.2 Å². The van der Waals surface area contributed by atoms with Crippen molar-refractivity contribution in [2.75, 3.05) is 91.9 Å². The predicted octanol–water partition coefficient (Wildman–Crippen LogP) is 1.47. The standard InChI is InChI=1S/C29H40N4O9.C25H37N3O7.C9H8N2O7/c1-19(2)28(38)40-17-20-15-32(14-13-31(20)16-27(37)42-33-25(35)9-10-26(33)36)24(34)11-12-30-29(39)41-18-23-21-7-5-3-4-6-8-22(21)23;1-17(2)24(32)34-15-18-13-28(12-11-27(18)14-23(30)31)22(29)9-10-26-25(33)35-16-21-19-7-5-3-4-6-8-20(19)21;12-5-1-2-6(13)10(5)17-9(16)18-11-7(14)3-4-8(11)15/h19-23H,5-18H2,1-2H3,(H,30,39);17-21H,5-16H2,1-2H3,(H,26,33)(H,30,31);1-4H2/t20?,21-,22+,23?;18?,19-,20+,21?;. The van der Waals surface area contributed by atoms with Crippen molar-refractivity contribution in [3.63, 3.8) is 0 Å². The zero-order valence-electron chi connectivity index (χ0n) is 54.0. The van der Waals surface area contributed by atoms with E-state index in [1.165, 1.54) is 0 Å². The number of amides is 10. The van der Waals surface area contributed by atoms with E-state index in [4.69, 9.17) is 23.8 Å². The van der Waals surface area contributed by atoms with Crippen molar-refractivity contribution in [3.8, 4) is 23.7 Å². The fourth-order valence-corrected chi connectivity index (χ4v) is 12.1. The van der Waals surface area contributed by atoms with Crippen LogP contribution in [-0.2, 0) is 91.0 Å². The van der Waals surface area contributed by atoms with Crippen LogP contribution in [0.1, 0.15) is 130 Å². The van der Waals surface area contributed by atoms with Crippen LogP contribution in [0, 0.1) is 71.0 Å². The average molecular weight is 1340 g/mol. The summed E-state index contributed by atoms with van der Waals surface area (Å²) in [5.41, 5.74) is 0. The highest BCUT2D eigenvalue weighted by Gasteiger charge is 2.50. The third-order valence-electron chi connectivity index (χ3n) is 17.6. The molecule has 4 unspecified atom stereocenters. The van der Waals surface area contributed by atoms with Crippen LogP contribution >= 0.6 is 0 Å².